The number of carbonyl (C=O) groups excluding carboxylic acids is 1. The molecule has 5 rings (SSSR count). The van der Waals surface area contributed by atoms with E-state index in [1.807, 2.05) is 17.0 Å². The molecule has 1 N–H and O–H groups in total. The minimum absolute atomic E-state index is 0.0933. The molecular formula is C27H29FN2O2S. The van der Waals surface area contributed by atoms with Crippen molar-refractivity contribution in [2.45, 2.75) is 57.7 Å². The number of hydrogen-bond acceptors (Lipinski definition) is 4. The van der Waals surface area contributed by atoms with Crippen LogP contribution in [0.2, 0.25) is 0 Å². The summed E-state index contributed by atoms with van der Waals surface area (Å²) in [6.07, 6.45) is 3.07. The Hall–Kier alpha value is -2.70. The Morgan fingerprint density at radius 3 is 2.76 bits per heavy atom. The largest absolute Gasteiger partial charge is 0.507 e. The van der Waals surface area contributed by atoms with E-state index < -0.39 is 0 Å². The number of benzene rings is 2. The van der Waals surface area contributed by atoms with Crippen LogP contribution >= 0.6 is 11.3 Å². The highest BCUT2D eigenvalue weighted by Crippen LogP contribution is 2.44. The first kappa shape index (κ1) is 22.1. The number of piperidine rings is 1. The molecule has 2 saturated heterocycles. The molecule has 4 nitrogen and oxygen atoms in total. The van der Waals surface area contributed by atoms with Crippen molar-refractivity contribution in [3.8, 4) is 16.2 Å². The fourth-order valence-electron chi connectivity index (χ4n) is 5.63. The summed E-state index contributed by atoms with van der Waals surface area (Å²) in [5.74, 6) is 0.0952. The monoisotopic (exact) mass is 464 g/mol. The molecule has 33 heavy (non-hydrogen) atoms. The van der Waals surface area contributed by atoms with Crippen LogP contribution < -0.4 is 4.90 Å². The van der Waals surface area contributed by atoms with Gasteiger partial charge >= 0.3 is 0 Å². The van der Waals surface area contributed by atoms with E-state index in [1.54, 1.807) is 23.5 Å². The number of halogens is 1. The molecule has 172 valence electrons. The molecule has 3 heterocycles. The van der Waals surface area contributed by atoms with Gasteiger partial charge in [0, 0.05) is 41.7 Å². The Morgan fingerprint density at radius 1 is 1.18 bits per heavy atom. The second-order valence-electron chi connectivity index (χ2n) is 9.49. The second-order valence-corrected chi connectivity index (χ2v) is 10.4. The van der Waals surface area contributed by atoms with Gasteiger partial charge < -0.3 is 10.0 Å². The van der Waals surface area contributed by atoms with E-state index in [2.05, 4.69) is 36.3 Å². The average Bonchev–Trinajstić information content (AvgIpc) is 3.34. The van der Waals surface area contributed by atoms with Crippen LogP contribution in [-0.2, 0) is 11.3 Å². The first-order chi connectivity index (χ1) is 15.9. The minimum Gasteiger partial charge on any atom is -0.507 e. The van der Waals surface area contributed by atoms with Crippen molar-refractivity contribution in [1.82, 2.24) is 4.90 Å². The summed E-state index contributed by atoms with van der Waals surface area (Å²) >= 11 is 1.65. The summed E-state index contributed by atoms with van der Waals surface area (Å²) < 4.78 is 13.9. The van der Waals surface area contributed by atoms with Crippen LogP contribution in [0, 0.1) is 12.7 Å². The Labute approximate surface area is 198 Å². The van der Waals surface area contributed by atoms with Gasteiger partial charge in [0.25, 0.3) is 0 Å². The quantitative estimate of drug-likeness (QED) is 0.506. The third-order valence-corrected chi connectivity index (χ3v) is 8.36. The van der Waals surface area contributed by atoms with Crippen molar-refractivity contribution in [3.05, 3.63) is 70.9 Å². The van der Waals surface area contributed by atoms with Crippen LogP contribution in [0.15, 0.2) is 53.9 Å². The number of rotatable bonds is 4. The van der Waals surface area contributed by atoms with Crippen molar-refractivity contribution in [1.29, 1.82) is 0 Å². The lowest BCUT2D eigenvalue weighted by Gasteiger charge is -2.48. The summed E-state index contributed by atoms with van der Waals surface area (Å²) in [6.45, 7) is 5.95. The lowest BCUT2D eigenvalue weighted by atomic mass is 9.81. The van der Waals surface area contributed by atoms with Crippen molar-refractivity contribution in [3.63, 3.8) is 0 Å². The minimum atomic E-state index is -0.308. The molecule has 2 fully saturated rings. The summed E-state index contributed by atoms with van der Waals surface area (Å²) in [5.41, 5.74) is 3.66. The lowest BCUT2D eigenvalue weighted by Crippen LogP contribution is -2.56. The molecule has 1 amide bonds. The number of anilines is 1. The van der Waals surface area contributed by atoms with Crippen LogP contribution in [0.4, 0.5) is 10.1 Å². The molecule has 6 heteroatoms. The van der Waals surface area contributed by atoms with E-state index in [-0.39, 0.29) is 23.3 Å². The predicted octanol–water partition coefficient (Wildman–Crippen LogP) is 6.12. The molecule has 0 aliphatic carbocycles. The Kier molecular flexibility index (Phi) is 5.75. The summed E-state index contributed by atoms with van der Waals surface area (Å²) in [4.78, 5) is 18.3. The zero-order chi connectivity index (χ0) is 23.2. The molecule has 2 aliphatic heterocycles. The van der Waals surface area contributed by atoms with Gasteiger partial charge in [0.05, 0.1) is 5.54 Å². The number of carbonyl (C=O) groups is 1. The van der Waals surface area contributed by atoms with Crippen LogP contribution in [-0.4, -0.2) is 34.0 Å². The second kappa shape index (κ2) is 8.58. The Bertz CT molecular complexity index is 1190. The highest BCUT2D eigenvalue weighted by molar-refractivity contribution is 7.13. The van der Waals surface area contributed by atoms with E-state index in [0.29, 0.717) is 17.9 Å². The number of phenols is 1. The smallest absolute Gasteiger partial charge is 0.227 e. The number of likely N-dealkylation sites (tertiary alicyclic amines) is 1. The van der Waals surface area contributed by atoms with Gasteiger partial charge in [-0.1, -0.05) is 12.1 Å². The van der Waals surface area contributed by atoms with Crippen molar-refractivity contribution >= 4 is 22.9 Å². The number of phenolic OH excluding ortho intramolecular Hbond substituents is 1. The number of aryl methyl sites for hydroxylation is 1. The lowest BCUT2D eigenvalue weighted by molar-refractivity contribution is -0.117. The maximum absolute atomic E-state index is 13.9. The summed E-state index contributed by atoms with van der Waals surface area (Å²) in [5, 5.41) is 12.5. The molecule has 2 aromatic carbocycles. The zero-order valence-corrected chi connectivity index (χ0v) is 19.9. The molecule has 2 atom stereocenters. The van der Waals surface area contributed by atoms with E-state index in [9.17, 15) is 14.3 Å². The number of hydrogen-bond donors (Lipinski definition) is 1. The SMILES string of the molecule is Cc1ccsc1-c1cc(CN2CC[C@]3(CCC(=O)N3c3cccc(F)c3)C[C@@H]2C)ccc1O. The number of nitrogens with zero attached hydrogens (tertiary/aromatic N) is 2. The van der Waals surface area contributed by atoms with Gasteiger partial charge in [0.15, 0.2) is 0 Å². The van der Waals surface area contributed by atoms with Gasteiger partial charge in [0.2, 0.25) is 5.91 Å². The molecule has 0 unspecified atom stereocenters. The predicted molar refractivity (Wildman–Crippen MR) is 131 cm³/mol. The Balaban J connectivity index is 1.35. The first-order valence-corrected chi connectivity index (χ1v) is 12.4. The topological polar surface area (TPSA) is 43.8 Å². The van der Waals surface area contributed by atoms with Crippen LogP contribution in [0.1, 0.15) is 43.7 Å². The van der Waals surface area contributed by atoms with E-state index in [4.69, 9.17) is 0 Å². The van der Waals surface area contributed by atoms with Gasteiger partial charge in [0.1, 0.15) is 11.6 Å². The van der Waals surface area contributed by atoms with Crippen LogP contribution in [0.5, 0.6) is 5.75 Å². The first-order valence-electron chi connectivity index (χ1n) is 11.6. The third kappa shape index (κ3) is 4.06. The Morgan fingerprint density at radius 2 is 2.03 bits per heavy atom. The van der Waals surface area contributed by atoms with E-state index in [0.717, 1.165) is 42.8 Å². The normalized spacial score (nSPS) is 23.5. The van der Waals surface area contributed by atoms with Crippen molar-refractivity contribution in [2.75, 3.05) is 11.4 Å². The third-order valence-electron chi connectivity index (χ3n) is 7.31. The van der Waals surface area contributed by atoms with Gasteiger partial charge in [-0.3, -0.25) is 9.69 Å². The fraction of sp³-hybridized carbons (Fsp3) is 0.370. The molecule has 3 aromatic rings. The number of amides is 1. The maximum atomic E-state index is 13.9. The van der Waals surface area contributed by atoms with Gasteiger partial charge in [-0.15, -0.1) is 11.3 Å². The van der Waals surface area contributed by atoms with Crippen molar-refractivity contribution < 1.29 is 14.3 Å². The van der Waals surface area contributed by atoms with Crippen LogP contribution in [0.3, 0.4) is 0 Å². The number of aromatic hydroxyl groups is 1. The van der Waals surface area contributed by atoms with E-state index in [1.165, 1.54) is 23.3 Å². The van der Waals surface area contributed by atoms with E-state index >= 15 is 0 Å². The zero-order valence-electron chi connectivity index (χ0n) is 19.1. The maximum Gasteiger partial charge on any atom is 0.227 e. The standard InChI is InChI=1S/C27H29FN2O2S/c1-18-9-13-33-26(18)23-14-20(6-7-24(23)31)17-29-12-11-27(16-19(29)2)10-8-25(32)30(27)22-5-3-4-21(28)15-22/h3-7,9,13-15,19,31H,8,10-12,16-17H2,1-2H3/t19-,27+/m0/s1. The molecular weight excluding hydrogens is 435 g/mol. The average molecular weight is 465 g/mol. The molecule has 0 radical (unpaired) electrons. The fourth-order valence-corrected chi connectivity index (χ4v) is 6.58. The molecule has 2 aliphatic rings. The molecule has 1 spiro atoms. The molecule has 0 bridgehead atoms. The molecule has 1 aromatic heterocycles. The summed E-state index contributed by atoms with van der Waals surface area (Å²) in [6, 6.07) is 14.7. The number of thiophene rings is 1. The summed E-state index contributed by atoms with van der Waals surface area (Å²) in [7, 11) is 0. The van der Waals surface area contributed by atoms with Gasteiger partial charge in [-0.05, 0) is 86.0 Å². The van der Waals surface area contributed by atoms with Gasteiger partial charge in [-0.25, -0.2) is 4.39 Å². The van der Waals surface area contributed by atoms with Gasteiger partial charge in [-0.2, -0.15) is 0 Å². The van der Waals surface area contributed by atoms with Crippen LogP contribution in [0.25, 0.3) is 10.4 Å². The van der Waals surface area contributed by atoms with Crippen molar-refractivity contribution in [2.24, 2.45) is 0 Å². The highest BCUT2D eigenvalue weighted by atomic mass is 32.1. The molecule has 0 saturated carbocycles. The highest BCUT2D eigenvalue weighted by Gasteiger charge is 2.49.